The topological polar surface area (TPSA) is 142 Å². The van der Waals surface area contributed by atoms with E-state index in [-0.39, 0.29) is 19.8 Å². The van der Waals surface area contributed by atoms with Gasteiger partial charge in [0.05, 0.1) is 0 Å². The smallest absolute Gasteiger partial charge is 0.407 e. The van der Waals surface area contributed by atoms with E-state index >= 15 is 0 Å². The zero-order valence-electron chi connectivity index (χ0n) is 18.9. The van der Waals surface area contributed by atoms with Gasteiger partial charge >= 0.3 is 6.09 Å². The Bertz CT molecular complexity index is 820. The zero-order valence-corrected chi connectivity index (χ0v) is 19.7. The minimum absolute atomic E-state index is 0. The first-order valence-electron chi connectivity index (χ1n) is 9.46. The summed E-state index contributed by atoms with van der Waals surface area (Å²) < 4.78 is 5.17. The molecule has 2 heterocycles. The molecular weight excluding hydrogens is 416 g/mol. The van der Waals surface area contributed by atoms with Gasteiger partial charge in [-0.1, -0.05) is 7.43 Å². The predicted octanol–water partition coefficient (Wildman–Crippen LogP) is 4.10. The maximum absolute atomic E-state index is 11.5. The van der Waals surface area contributed by atoms with Crippen LogP contribution in [0.4, 0.5) is 16.4 Å². The number of carbonyl (C=O) groups excluding carboxylic acids is 1. The lowest BCUT2D eigenvalue weighted by atomic mass is 10.1. The first kappa shape index (κ1) is 30.6. The van der Waals surface area contributed by atoms with Crippen molar-refractivity contribution in [3.8, 4) is 0 Å². The molecule has 2 rings (SSSR count). The lowest BCUT2D eigenvalue weighted by Gasteiger charge is -2.20. The highest BCUT2D eigenvalue weighted by atomic mass is 35.5. The molecule has 2 aromatic heterocycles. The second-order valence-corrected chi connectivity index (χ2v) is 7.92. The first-order chi connectivity index (χ1) is 13.3. The molecule has 9 heteroatoms. The highest BCUT2D eigenvalue weighted by molar-refractivity contribution is 5.85. The van der Waals surface area contributed by atoms with E-state index < -0.39 is 11.7 Å². The van der Waals surface area contributed by atoms with Gasteiger partial charge in [0.25, 0.3) is 0 Å². The molecule has 8 nitrogen and oxygen atoms in total. The normalized spacial score (nSPS) is 10.1. The van der Waals surface area contributed by atoms with Crippen LogP contribution in [0.15, 0.2) is 12.1 Å². The lowest BCUT2D eigenvalue weighted by Crippen LogP contribution is -2.32. The summed E-state index contributed by atoms with van der Waals surface area (Å²) in [5.74, 6) is 1.06. The van der Waals surface area contributed by atoms with E-state index in [0.717, 1.165) is 33.6 Å². The van der Waals surface area contributed by atoms with Crippen LogP contribution in [-0.4, -0.2) is 21.7 Å². The van der Waals surface area contributed by atoms with E-state index in [9.17, 15) is 4.79 Å². The summed E-state index contributed by atoms with van der Waals surface area (Å²) >= 11 is 0. The van der Waals surface area contributed by atoms with Gasteiger partial charge in [0, 0.05) is 24.5 Å². The number of nitrogens with two attached hydrogens (primary N) is 3. The first-order valence-corrected chi connectivity index (χ1v) is 9.46. The number of nitrogens with zero attached hydrogens (tertiary/aromatic N) is 2. The molecule has 1 amide bonds. The van der Waals surface area contributed by atoms with E-state index in [4.69, 9.17) is 21.9 Å². The van der Waals surface area contributed by atoms with Crippen LogP contribution in [0.1, 0.15) is 61.8 Å². The zero-order chi connectivity index (χ0) is 22.4. The van der Waals surface area contributed by atoms with Crippen molar-refractivity contribution in [2.45, 2.75) is 74.6 Å². The third-order valence-electron chi connectivity index (χ3n) is 4.16. The van der Waals surface area contributed by atoms with Crippen LogP contribution >= 0.6 is 12.4 Å². The van der Waals surface area contributed by atoms with Crippen LogP contribution in [-0.2, 0) is 17.8 Å². The van der Waals surface area contributed by atoms with Crippen molar-refractivity contribution in [3.05, 3.63) is 45.8 Å². The average Bonchev–Trinajstić information content (AvgIpc) is 2.52. The molecular formula is C22H39ClN6O2. The van der Waals surface area contributed by atoms with Gasteiger partial charge in [-0.3, -0.25) is 0 Å². The van der Waals surface area contributed by atoms with Crippen molar-refractivity contribution < 1.29 is 9.53 Å². The predicted molar refractivity (Wildman–Crippen MR) is 131 cm³/mol. The van der Waals surface area contributed by atoms with E-state index in [2.05, 4.69) is 15.3 Å². The molecule has 0 spiro atoms. The van der Waals surface area contributed by atoms with Crippen molar-refractivity contribution >= 4 is 30.1 Å². The maximum atomic E-state index is 11.5. The molecule has 0 bridgehead atoms. The van der Waals surface area contributed by atoms with Gasteiger partial charge in [-0.05, 0) is 82.9 Å². The highest BCUT2D eigenvalue weighted by Crippen LogP contribution is 2.15. The number of rotatable bonds is 3. The molecule has 0 aromatic carbocycles. The molecule has 176 valence electrons. The molecule has 0 aliphatic carbocycles. The molecule has 0 atom stereocenters. The molecule has 2 aromatic rings. The fourth-order valence-corrected chi connectivity index (χ4v) is 2.83. The van der Waals surface area contributed by atoms with Gasteiger partial charge in [-0.15, -0.1) is 12.4 Å². The number of nitrogens with one attached hydrogen (secondary N) is 1. The summed E-state index contributed by atoms with van der Waals surface area (Å²) in [4.78, 5) is 19.8. The molecule has 0 radical (unpaired) electrons. The van der Waals surface area contributed by atoms with E-state index in [0.29, 0.717) is 24.7 Å². The van der Waals surface area contributed by atoms with Crippen LogP contribution in [0.25, 0.3) is 0 Å². The third kappa shape index (κ3) is 10.3. The Kier molecular flexibility index (Phi) is 12.8. The summed E-state index contributed by atoms with van der Waals surface area (Å²) in [6.07, 6.45) is -0.432. The Morgan fingerprint density at radius 1 is 0.968 bits per heavy atom. The second kappa shape index (κ2) is 13.0. The van der Waals surface area contributed by atoms with Crippen molar-refractivity contribution in [1.82, 2.24) is 15.3 Å². The number of hydrogen-bond donors (Lipinski definition) is 4. The third-order valence-corrected chi connectivity index (χ3v) is 4.16. The van der Waals surface area contributed by atoms with Gasteiger partial charge in [-0.2, -0.15) is 0 Å². The van der Waals surface area contributed by atoms with Crippen LogP contribution in [0.5, 0.6) is 0 Å². The number of aryl methyl sites for hydroxylation is 4. The summed E-state index contributed by atoms with van der Waals surface area (Å²) in [5, 5.41) is 2.71. The number of amides is 1. The summed E-state index contributed by atoms with van der Waals surface area (Å²) in [5.41, 5.74) is 22.2. The number of nitrogen functional groups attached to an aromatic ring is 2. The molecule has 0 saturated heterocycles. The standard InChI is InChI=1S/C13H21N3O2.C8H13N3.CH4.ClH/c1-8-6-11(14)16-9(2)10(8)7-15-12(17)18-13(3,4)5;1-5-3-8(10)11-6(2)7(5)4-9;;/h6H,7H2,1-5H3,(H2,14,16)(H,15,17);3H,4,9H2,1-2H3,(H2,10,11);1H4;1H. The number of anilines is 2. The largest absolute Gasteiger partial charge is 0.444 e. The number of alkyl carbamates (subject to hydrolysis) is 1. The maximum Gasteiger partial charge on any atom is 0.407 e. The number of halogens is 1. The van der Waals surface area contributed by atoms with Crippen LogP contribution < -0.4 is 22.5 Å². The summed E-state index contributed by atoms with van der Waals surface area (Å²) in [6.45, 7) is 14.1. The van der Waals surface area contributed by atoms with E-state index in [1.165, 1.54) is 0 Å². The number of carbonyl (C=O) groups is 1. The van der Waals surface area contributed by atoms with Crippen molar-refractivity contribution in [2.24, 2.45) is 5.73 Å². The number of ether oxygens (including phenoxy) is 1. The number of pyridine rings is 2. The van der Waals surface area contributed by atoms with Crippen LogP contribution in [0, 0.1) is 27.7 Å². The SMILES string of the molecule is C.Cc1cc(N)nc(C)c1CN.Cc1cc(N)nc(C)c1CNC(=O)OC(C)(C)C.Cl. The van der Waals surface area contributed by atoms with Crippen molar-refractivity contribution in [2.75, 3.05) is 11.5 Å². The monoisotopic (exact) mass is 454 g/mol. The van der Waals surface area contributed by atoms with Crippen LogP contribution in [0.2, 0.25) is 0 Å². The Morgan fingerprint density at radius 2 is 1.39 bits per heavy atom. The molecule has 0 saturated carbocycles. The Hall–Kier alpha value is -2.58. The fraction of sp³-hybridized carbons (Fsp3) is 0.500. The number of hydrogen-bond acceptors (Lipinski definition) is 7. The number of aromatic nitrogens is 2. The quantitative estimate of drug-likeness (QED) is 0.546. The van der Waals surface area contributed by atoms with Gasteiger partial charge < -0.3 is 27.3 Å². The van der Waals surface area contributed by atoms with E-state index in [1.807, 2.05) is 54.5 Å². The molecule has 31 heavy (non-hydrogen) atoms. The van der Waals surface area contributed by atoms with E-state index in [1.54, 1.807) is 6.07 Å². The van der Waals surface area contributed by atoms with Crippen molar-refractivity contribution in [1.29, 1.82) is 0 Å². The average molecular weight is 455 g/mol. The van der Waals surface area contributed by atoms with Gasteiger partial charge in [0.2, 0.25) is 0 Å². The van der Waals surface area contributed by atoms with Crippen molar-refractivity contribution in [3.63, 3.8) is 0 Å². The second-order valence-electron chi connectivity index (χ2n) is 7.92. The minimum Gasteiger partial charge on any atom is -0.444 e. The molecule has 7 N–H and O–H groups in total. The fourth-order valence-electron chi connectivity index (χ4n) is 2.83. The highest BCUT2D eigenvalue weighted by Gasteiger charge is 2.16. The van der Waals surface area contributed by atoms with Gasteiger partial charge in [-0.25, -0.2) is 14.8 Å². The Balaban J connectivity index is 0. The molecule has 0 unspecified atom stereocenters. The van der Waals surface area contributed by atoms with Gasteiger partial charge in [0.15, 0.2) is 0 Å². The van der Waals surface area contributed by atoms with Crippen LogP contribution in [0.3, 0.4) is 0 Å². The molecule has 0 aliphatic rings. The molecule has 0 aliphatic heterocycles. The van der Waals surface area contributed by atoms with Gasteiger partial charge in [0.1, 0.15) is 17.2 Å². The summed E-state index contributed by atoms with van der Waals surface area (Å²) in [6, 6.07) is 3.63. The Morgan fingerprint density at radius 3 is 1.74 bits per heavy atom. The Labute approximate surface area is 192 Å². The minimum atomic E-state index is -0.493. The summed E-state index contributed by atoms with van der Waals surface area (Å²) in [7, 11) is 0. The lowest BCUT2D eigenvalue weighted by molar-refractivity contribution is 0.0523. The molecule has 0 fully saturated rings.